The molecule has 1 aliphatic heterocycles. The Morgan fingerprint density at radius 3 is 2.32 bits per heavy atom. The van der Waals surface area contributed by atoms with Crippen molar-refractivity contribution in [3.63, 3.8) is 0 Å². The standard InChI is InChI=1S/C17H33N3O2/c1-14(17(5)6-7-17)18-8-9-19-10-12-20(13-11-19)15(21)22-16(2,3)4/h14,18H,6-13H2,1-5H3. The molecule has 1 atom stereocenters. The Morgan fingerprint density at radius 1 is 1.23 bits per heavy atom. The molecule has 2 aliphatic rings. The van der Waals surface area contributed by atoms with E-state index in [0.29, 0.717) is 11.5 Å². The fraction of sp³-hybridized carbons (Fsp3) is 0.941. The summed E-state index contributed by atoms with van der Waals surface area (Å²) >= 11 is 0. The maximum absolute atomic E-state index is 12.0. The highest BCUT2D eigenvalue weighted by atomic mass is 16.6. The number of ether oxygens (including phenoxy) is 1. The summed E-state index contributed by atoms with van der Waals surface area (Å²) in [5.74, 6) is 0. The zero-order valence-electron chi connectivity index (χ0n) is 14.9. The molecule has 0 spiro atoms. The molecule has 22 heavy (non-hydrogen) atoms. The van der Waals surface area contributed by atoms with Gasteiger partial charge in [0.1, 0.15) is 5.60 Å². The fourth-order valence-electron chi connectivity index (χ4n) is 2.80. The number of carbonyl (C=O) groups is 1. The Balaban J connectivity index is 1.62. The zero-order valence-corrected chi connectivity index (χ0v) is 14.9. The molecule has 0 aromatic carbocycles. The molecule has 1 aliphatic carbocycles. The monoisotopic (exact) mass is 311 g/mol. The van der Waals surface area contributed by atoms with E-state index in [1.54, 1.807) is 0 Å². The van der Waals surface area contributed by atoms with Crippen molar-refractivity contribution in [2.45, 2.75) is 59.1 Å². The number of carbonyl (C=O) groups excluding carboxylic acids is 1. The van der Waals surface area contributed by atoms with Gasteiger partial charge in [-0.1, -0.05) is 6.92 Å². The Morgan fingerprint density at radius 2 is 1.82 bits per heavy atom. The van der Waals surface area contributed by atoms with Crippen LogP contribution in [0.1, 0.15) is 47.5 Å². The van der Waals surface area contributed by atoms with Gasteiger partial charge in [0, 0.05) is 45.3 Å². The summed E-state index contributed by atoms with van der Waals surface area (Å²) in [5.41, 5.74) is 0.128. The Hall–Kier alpha value is -0.810. The lowest BCUT2D eigenvalue weighted by atomic mass is 10.0. The molecule has 0 aromatic rings. The van der Waals surface area contributed by atoms with Crippen molar-refractivity contribution in [1.29, 1.82) is 0 Å². The summed E-state index contributed by atoms with van der Waals surface area (Å²) in [6.07, 6.45) is 2.53. The van der Waals surface area contributed by atoms with E-state index in [9.17, 15) is 4.79 Å². The van der Waals surface area contributed by atoms with Crippen LogP contribution in [0.4, 0.5) is 4.79 Å². The molecule has 1 heterocycles. The minimum atomic E-state index is -0.410. The summed E-state index contributed by atoms with van der Waals surface area (Å²) in [7, 11) is 0. The Kier molecular flexibility index (Phi) is 5.38. The fourth-order valence-corrected chi connectivity index (χ4v) is 2.80. The number of nitrogens with zero attached hydrogens (tertiary/aromatic N) is 2. The Bertz CT molecular complexity index is 380. The van der Waals surface area contributed by atoms with E-state index < -0.39 is 5.60 Å². The summed E-state index contributed by atoms with van der Waals surface area (Å²) in [4.78, 5) is 16.3. The molecule has 1 unspecified atom stereocenters. The first-order valence-corrected chi connectivity index (χ1v) is 8.63. The Labute approximate surface area is 135 Å². The van der Waals surface area contributed by atoms with Crippen LogP contribution in [-0.4, -0.2) is 66.8 Å². The number of rotatable bonds is 5. The van der Waals surface area contributed by atoms with Crippen molar-refractivity contribution in [2.75, 3.05) is 39.3 Å². The van der Waals surface area contributed by atoms with Crippen molar-refractivity contribution in [3.8, 4) is 0 Å². The van der Waals surface area contributed by atoms with Gasteiger partial charge in [0.25, 0.3) is 0 Å². The molecule has 1 N–H and O–H groups in total. The van der Waals surface area contributed by atoms with Crippen LogP contribution in [-0.2, 0) is 4.74 Å². The lowest BCUT2D eigenvalue weighted by molar-refractivity contribution is 0.0145. The van der Waals surface area contributed by atoms with Crippen molar-refractivity contribution in [2.24, 2.45) is 5.41 Å². The summed E-state index contributed by atoms with van der Waals surface area (Å²) in [5, 5.41) is 3.65. The first-order chi connectivity index (χ1) is 10.2. The number of hydrogen-bond acceptors (Lipinski definition) is 4. The van der Waals surface area contributed by atoms with Crippen LogP contribution in [0, 0.1) is 5.41 Å². The van der Waals surface area contributed by atoms with Crippen LogP contribution in [0.2, 0.25) is 0 Å². The number of amides is 1. The highest BCUT2D eigenvalue weighted by Crippen LogP contribution is 2.47. The quantitative estimate of drug-likeness (QED) is 0.846. The van der Waals surface area contributed by atoms with Crippen LogP contribution in [0.5, 0.6) is 0 Å². The minimum absolute atomic E-state index is 0.180. The van der Waals surface area contributed by atoms with E-state index in [-0.39, 0.29) is 6.09 Å². The van der Waals surface area contributed by atoms with Gasteiger partial charge in [-0.05, 0) is 46.0 Å². The molecule has 0 aromatic heterocycles. The third kappa shape index (κ3) is 5.13. The highest BCUT2D eigenvalue weighted by Gasteiger charge is 2.42. The van der Waals surface area contributed by atoms with Crippen LogP contribution in [0.25, 0.3) is 0 Å². The second kappa shape index (κ2) is 6.75. The van der Waals surface area contributed by atoms with Crippen molar-refractivity contribution < 1.29 is 9.53 Å². The van der Waals surface area contributed by atoms with Crippen molar-refractivity contribution in [1.82, 2.24) is 15.1 Å². The van der Waals surface area contributed by atoms with Crippen LogP contribution < -0.4 is 5.32 Å². The minimum Gasteiger partial charge on any atom is -0.444 e. The predicted molar refractivity (Wildman–Crippen MR) is 89.1 cm³/mol. The molecular weight excluding hydrogens is 278 g/mol. The topological polar surface area (TPSA) is 44.8 Å². The third-order valence-corrected chi connectivity index (χ3v) is 4.99. The molecule has 0 radical (unpaired) electrons. The molecule has 5 nitrogen and oxygen atoms in total. The van der Waals surface area contributed by atoms with Crippen LogP contribution >= 0.6 is 0 Å². The predicted octanol–water partition coefficient (Wildman–Crippen LogP) is 2.32. The highest BCUT2D eigenvalue weighted by molar-refractivity contribution is 5.68. The van der Waals surface area contributed by atoms with E-state index in [4.69, 9.17) is 4.74 Å². The average molecular weight is 311 g/mol. The molecule has 1 saturated carbocycles. The molecule has 0 bridgehead atoms. The van der Waals surface area contributed by atoms with Gasteiger partial charge in [-0.3, -0.25) is 4.90 Å². The number of nitrogens with one attached hydrogen (secondary N) is 1. The first-order valence-electron chi connectivity index (χ1n) is 8.63. The van der Waals surface area contributed by atoms with Gasteiger partial charge in [0.15, 0.2) is 0 Å². The molecule has 128 valence electrons. The average Bonchev–Trinajstić information content (AvgIpc) is 3.17. The van der Waals surface area contributed by atoms with E-state index in [0.717, 1.165) is 39.3 Å². The largest absolute Gasteiger partial charge is 0.444 e. The van der Waals surface area contributed by atoms with Gasteiger partial charge < -0.3 is 15.0 Å². The second-order valence-electron chi connectivity index (χ2n) is 8.14. The lowest BCUT2D eigenvalue weighted by Crippen LogP contribution is -2.51. The molecule has 2 fully saturated rings. The summed E-state index contributed by atoms with van der Waals surface area (Å²) in [6, 6.07) is 0.607. The van der Waals surface area contributed by atoms with Gasteiger partial charge in [-0.2, -0.15) is 0 Å². The first kappa shape index (κ1) is 17.5. The normalized spacial score (nSPS) is 23.2. The van der Waals surface area contributed by atoms with Crippen LogP contribution in [0.3, 0.4) is 0 Å². The molecule has 1 saturated heterocycles. The van der Waals surface area contributed by atoms with Gasteiger partial charge in [-0.25, -0.2) is 4.79 Å². The summed E-state index contributed by atoms with van der Waals surface area (Å²) < 4.78 is 5.43. The third-order valence-electron chi connectivity index (χ3n) is 4.99. The van der Waals surface area contributed by atoms with E-state index in [2.05, 4.69) is 24.1 Å². The maximum Gasteiger partial charge on any atom is 0.410 e. The second-order valence-corrected chi connectivity index (χ2v) is 8.14. The number of piperazine rings is 1. The smallest absolute Gasteiger partial charge is 0.410 e. The van der Waals surface area contributed by atoms with Gasteiger partial charge >= 0.3 is 6.09 Å². The van der Waals surface area contributed by atoms with Gasteiger partial charge in [0.2, 0.25) is 0 Å². The molecule has 5 heteroatoms. The SMILES string of the molecule is CC(NCCN1CCN(C(=O)OC(C)(C)C)CC1)C1(C)CC1. The van der Waals surface area contributed by atoms with Crippen molar-refractivity contribution >= 4 is 6.09 Å². The van der Waals surface area contributed by atoms with Crippen molar-refractivity contribution in [3.05, 3.63) is 0 Å². The maximum atomic E-state index is 12.0. The zero-order chi connectivity index (χ0) is 16.4. The summed E-state index contributed by atoms with van der Waals surface area (Å²) in [6.45, 7) is 15.9. The molecule has 2 rings (SSSR count). The molecular formula is C17H33N3O2. The van der Waals surface area contributed by atoms with Crippen LogP contribution in [0.15, 0.2) is 0 Å². The lowest BCUT2D eigenvalue weighted by Gasteiger charge is -2.35. The van der Waals surface area contributed by atoms with Gasteiger partial charge in [0.05, 0.1) is 0 Å². The van der Waals surface area contributed by atoms with Gasteiger partial charge in [-0.15, -0.1) is 0 Å². The van der Waals surface area contributed by atoms with E-state index >= 15 is 0 Å². The van der Waals surface area contributed by atoms with E-state index in [1.807, 2.05) is 25.7 Å². The number of hydrogen-bond donors (Lipinski definition) is 1. The molecule has 1 amide bonds. The van der Waals surface area contributed by atoms with E-state index in [1.165, 1.54) is 12.8 Å².